The molecule has 1 heterocycles. The second-order valence-corrected chi connectivity index (χ2v) is 6.37. The highest BCUT2D eigenvalue weighted by atomic mass is 79.9. The number of aryl methyl sites for hydroxylation is 1. The molecule has 4 heteroatoms. The Kier molecular flexibility index (Phi) is 4.13. The number of benzene rings is 1. The van der Waals surface area contributed by atoms with Crippen LogP contribution in [0.15, 0.2) is 30.3 Å². The van der Waals surface area contributed by atoms with Crippen molar-refractivity contribution in [1.82, 2.24) is 0 Å². The molecular formula is C13H12BrClOS. The van der Waals surface area contributed by atoms with Crippen LogP contribution < -0.4 is 4.74 Å². The van der Waals surface area contributed by atoms with Crippen molar-refractivity contribution in [2.75, 3.05) is 7.11 Å². The molecule has 2 aromatic rings. The van der Waals surface area contributed by atoms with Crippen LogP contribution in [0, 0.1) is 6.92 Å². The van der Waals surface area contributed by atoms with Gasteiger partial charge in [-0.05, 0) is 37.3 Å². The molecule has 0 bridgehead atoms. The Morgan fingerprint density at radius 1 is 1.29 bits per heavy atom. The highest BCUT2D eigenvalue weighted by Gasteiger charge is 2.17. The summed E-state index contributed by atoms with van der Waals surface area (Å²) in [6.07, 6.45) is 0. The van der Waals surface area contributed by atoms with E-state index < -0.39 is 0 Å². The maximum Gasteiger partial charge on any atom is 0.123 e. The standard InChI is InChI=1S/C13H12BrClOS/c1-8-3-6-12(17-8)13(14)10-7-9(15)4-5-11(10)16-2/h3-7,13H,1-2H3. The predicted molar refractivity (Wildman–Crippen MR) is 77.8 cm³/mol. The number of halogens is 2. The minimum absolute atomic E-state index is 0.120. The van der Waals surface area contributed by atoms with E-state index in [0.717, 1.165) is 16.3 Å². The van der Waals surface area contributed by atoms with E-state index >= 15 is 0 Å². The van der Waals surface area contributed by atoms with Crippen LogP contribution in [0.2, 0.25) is 5.02 Å². The maximum atomic E-state index is 6.04. The van der Waals surface area contributed by atoms with Crippen molar-refractivity contribution in [1.29, 1.82) is 0 Å². The fourth-order valence-electron chi connectivity index (χ4n) is 1.65. The van der Waals surface area contributed by atoms with Gasteiger partial charge in [0, 0.05) is 20.3 Å². The molecule has 1 aromatic heterocycles. The molecule has 0 aliphatic carbocycles. The quantitative estimate of drug-likeness (QED) is 0.702. The van der Waals surface area contributed by atoms with Crippen molar-refractivity contribution in [3.05, 3.63) is 50.7 Å². The molecule has 0 spiro atoms. The van der Waals surface area contributed by atoms with Crippen molar-refractivity contribution < 1.29 is 4.74 Å². The lowest BCUT2D eigenvalue weighted by Crippen LogP contribution is -1.95. The predicted octanol–water partition coefficient (Wildman–Crippen LogP) is 5.20. The molecule has 90 valence electrons. The molecule has 17 heavy (non-hydrogen) atoms. The fourth-order valence-corrected chi connectivity index (χ4v) is 3.49. The Bertz CT molecular complexity index is 524. The number of hydrogen-bond donors (Lipinski definition) is 0. The third-order valence-corrected chi connectivity index (χ3v) is 5.07. The molecule has 0 N–H and O–H groups in total. The zero-order valence-corrected chi connectivity index (χ0v) is 12.7. The molecule has 0 saturated heterocycles. The third-order valence-electron chi connectivity index (χ3n) is 2.48. The van der Waals surface area contributed by atoms with Gasteiger partial charge in [0.25, 0.3) is 0 Å². The Balaban J connectivity index is 2.42. The van der Waals surface area contributed by atoms with E-state index in [0.29, 0.717) is 0 Å². The zero-order chi connectivity index (χ0) is 12.4. The maximum absolute atomic E-state index is 6.04. The van der Waals surface area contributed by atoms with Gasteiger partial charge in [0.1, 0.15) is 5.75 Å². The summed E-state index contributed by atoms with van der Waals surface area (Å²) >= 11 is 11.5. The first-order valence-corrected chi connectivity index (χ1v) is 7.26. The molecule has 1 atom stereocenters. The minimum atomic E-state index is 0.120. The molecule has 0 saturated carbocycles. The summed E-state index contributed by atoms with van der Waals surface area (Å²) in [7, 11) is 1.67. The second-order valence-electron chi connectivity index (χ2n) is 3.70. The lowest BCUT2D eigenvalue weighted by atomic mass is 10.1. The SMILES string of the molecule is COc1ccc(Cl)cc1C(Br)c1ccc(C)s1. The number of alkyl halides is 1. The molecule has 2 rings (SSSR count). The summed E-state index contributed by atoms with van der Waals surface area (Å²) in [6, 6.07) is 9.91. The van der Waals surface area contributed by atoms with Gasteiger partial charge in [-0.2, -0.15) is 0 Å². The lowest BCUT2D eigenvalue weighted by molar-refractivity contribution is 0.410. The van der Waals surface area contributed by atoms with Gasteiger partial charge >= 0.3 is 0 Å². The first-order valence-electron chi connectivity index (χ1n) is 5.15. The number of hydrogen-bond acceptors (Lipinski definition) is 2. The van der Waals surface area contributed by atoms with Crippen LogP contribution in [-0.4, -0.2) is 7.11 Å². The number of methoxy groups -OCH3 is 1. The van der Waals surface area contributed by atoms with E-state index in [4.69, 9.17) is 16.3 Å². The van der Waals surface area contributed by atoms with Gasteiger partial charge < -0.3 is 4.74 Å². The molecule has 0 amide bonds. The molecule has 0 aliphatic rings. The van der Waals surface area contributed by atoms with Gasteiger partial charge in [-0.15, -0.1) is 11.3 Å². The highest BCUT2D eigenvalue weighted by Crippen LogP contribution is 2.40. The van der Waals surface area contributed by atoms with Gasteiger partial charge in [-0.1, -0.05) is 27.5 Å². The third kappa shape index (κ3) is 2.84. The first kappa shape index (κ1) is 12.9. The van der Waals surface area contributed by atoms with Crippen molar-refractivity contribution >= 4 is 38.9 Å². The average molecular weight is 332 g/mol. The van der Waals surface area contributed by atoms with Crippen molar-refractivity contribution in [2.45, 2.75) is 11.8 Å². The monoisotopic (exact) mass is 330 g/mol. The Hall–Kier alpha value is -0.510. The van der Waals surface area contributed by atoms with Crippen LogP contribution >= 0.6 is 38.9 Å². The van der Waals surface area contributed by atoms with Crippen LogP contribution in [-0.2, 0) is 0 Å². The average Bonchev–Trinajstić information content (AvgIpc) is 2.75. The van der Waals surface area contributed by atoms with Gasteiger partial charge in [0.2, 0.25) is 0 Å². The van der Waals surface area contributed by atoms with Gasteiger partial charge in [0.05, 0.1) is 11.9 Å². The van der Waals surface area contributed by atoms with Crippen LogP contribution in [0.25, 0.3) is 0 Å². The summed E-state index contributed by atoms with van der Waals surface area (Å²) in [5.41, 5.74) is 1.06. The van der Waals surface area contributed by atoms with E-state index in [9.17, 15) is 0 Å². The van der Waals surface area contributed by atoms with E-state index in [-0.39, 0.29) is 4.83 Å². The molecule has 1 nitrogen and oxygen atoms in total. The molecule has 0 fully saturated rings. The fraction of sp³-hybridized carbons (Fsp3) is 0.231. The van der Waals surface area contributed by atoms with Crippen LogP contribution in [0.3, 0.4) is 0 Å². The normalized spacial score (nSPS) is 12.5. The van der Waals surface area contributed by atoms with E-state index in [1.54, 1.807) is 18.4 Å². The van der Waals surface area contributed by atoms with E-state index in [2.05, 4.69) is 35.0 Å². The molecule has 1 unspecified atom stereocenters. The topological polar surface area (TPSA) is 9.23 Å². The number of thiophene rings is 1. The van der Waals surface area contributed by atoms with Crippen LogP contribution in [0.1, 0.15) is 20.1 Å². The number of rotatable bonds is 3. The Labute approximate surface area is 119 Å². The summed E-state index contributed by atoms with van der Waals surface area (Å²) in [6.45, 7) is 2.10. The largest absolute Gasteiger partial charge is 0.496 e. The highest BCUT2D eigenvalue weighted by molar-refractivity contribution is 9.09. The van der Waals surface area contributed by atoms with E-state index in [1.165, 1.54) is 9.75 Å². The van der Waals surface area contributed by atoms with Crippen molar-refractivity contribution in [3.8, 4) is 5.75 Å². The molecular weight excluding hydrogens is 320 g/mol. The van der Waals surface area contributed by atoms with Gasteiger partial charge in [0.15, 0.2) is 0 Å². The second kappa shape index (κ2) is 5.42. The Morgan fingerprint density at radius 3 is 2.65 bits per heavy atom. The smallest absolute Gasteiger partial charge is 0.123 e. The van der Waals surface area contributed by atoms with E-state index in [1.807, 2.05) is 18.2 Å². The summed E-state index contributed by atoms with van der Waals surface area (Å²) in [4.78, 5) is 2.67. The molecule has 0 aliphatic heterocycles. The number of ether oxygens (including phenoxy) is 1. The minimum Gasteiger partial charge on any atom is -0.496 e. The van der Waals surface area contributed by atoms with Crippen LogP contribution in [0.4, 0.5) is 0 Å². The summed E-state index contributed by atoms with van der Waals surface area (Å²) in [5.74, 6) is 0.849. The van der Waals surface area contributed by atoms with Gasteiger partial charge in [-0.3, -0.25) is 0 Å². The van der Waals surface area contributed by atoms with Crippen molar-refractivity contribution in [3.63, 3.8) is 0 Å². The molecule has 1 aromatic carbocycles. The van der Waals surface area contributed by atoms with Crippen LogP contribution in [0.5, 0.6) is 5.75 Å². The summed E-state index contributed by atoms with van der Waals surface area (Å²) < 4.78 is 5.37. The summed E-state index contributed by atoms with van der Waals surface area (Å²) in [5, 5.41) is 0.721. The van der Waals surface area contributed by atoms with Gasteiger partial charge in [-0.25, -0.2) is 0 Å². The lowest BCUT2D eigenvalue weighted by Gasteiger charge is -2.13. The first-order chi connectivity index (χ1) is 8.11. The zero-order valence-electron chi connectivity index (χ0n) is 9.54. The Morgan fingerprint density at radius 2 is 2.06 bits per heavy atom. The molecule has 0 radical (unpaired) electrons. The van der Waals surface area contributed by atoms with Crippen molar-refractivity contribution in [2.24, 2.45) is 0 Å².